The molecule has 0 saturated heterocycles. The maximum atomic E-state index is 11.3. The van der Waals surface area contributed by atoms with Gasteiger partial charge in [-0.15, -0.1) is 0 Å². The Morgan fingerprint density at radius 1 is 1.38 bits per heavy atom. The maximum Gasteiger partial charge on any atom is 0.323 e. The fourth-order valence-corrected chi connectivity index (χ4v) is 1.07. The van der Waals surface area contributed by atoms with E-state index >= 15 is 0 Å². The van der Waals surface area contributed by atoms with Crippen molar-refractivity contribution in [3.05, 3.63) is 0 Å². The normalized spacial score (nSPS) is 14.1. The maximum absolute atomic E-state index is 11.3. The van der Waals surface area contributed by atoms with E-state index in [1.54, 1.807) is 0 Å². The highest BCUT2D eigenvalue weighted by atomic mass is 16.4. The first kappa shape index (κ1) is 12.3. The zero-order chi connectivity index (χ0) is 12.1. The quantitative estimate of drug-likeness (QED) is 0.562. The molecule has 0 atom stereocenters. The molecule has 1 saturated carbocycles. The average Bonchev–Trinajstić information content (AvgIpc) is 2.96. The average molecular weight is 229 g/mol. The van der Waals surface area contributed by atoms with E-state index in [0.717, 1.165) is 17.7 Å². The number of urea groups is 1. The number of rotatable bonds is 5. The van der Waals surface area contributed by atoms with Gasteiger partial charge in [0.25, 0.3) is 0 Å². The van der Waals surface area contributed by atoms with Gasteiger partial charge in [0.1, 0.15) is 6.54 Å². The van der Waals surface area contributed by atoms with Crippen molar-refractivity contribution in [1.29, 1.82) is 0 Å². The summed E-state index contributed by atoms with van der Waals surface area (Å²) < 4.78 is 0. The number of nitrogens with zero attached hydrogens (tertiary/aromatic N) is 1. The first-order valence-corrected chi connectivity index (χ1v) is 4.99. The topological polar surface area (TPSA) is 98.7 Å². The molecule has 1 fully saturated rings. The van der Waals surface area contributed by atoms with Gasteiger partial charge in [0.15, 0.2) is 0 Å². The molecule has 1 aliphatic rings. The summed E-state index contributed by atoms with van der Waals surface area (Å²) in [5.41, 5.74) is 0. The second kappa shape index (κ2) is 5.34. The molecule has 7 heteroatoms. The summed E-state index contributed by atoms with van der Waals surface area (Å²) in [5, 5.41) is 13.5. The van der Waals surface area contributed by atoms with Crippen LogP contribution in [0, 0.1) is 0 Å². The molecular formula is C9H15N3O4. The highest BCUT2D eigenvalue weighted by molar-refractivity contribution is 5.85. The van der Waals surface area contributed by atoms with E-state index < -0.39 is 18.5 Å². The van der Waals surface area contributed by atoms with Crippen molar-refractivity contribution >= 4 is 17.9 Å². The van der Waals surface area contributed by atoms with Crippen LogP contribution < -0.4 is 10.6 Å². The second-order valence-corrected chi connectivity index (χ2v) is 3.75. The Morgan fingerprint density at radius 2 is 2.00 bits per heavy atom. The smallest absolute Gasteiger partial charge is 0.323 e. The van der Waals surface area contributed by atoms with Gasteiger partial charge in [0.2, 0.25) is 5.91 Å². The number of nitrogens with one attached hydrogen (secondary N) is 2. The monoisotopic (exact) mass is 229 g/mol. The number of hydrogen-bond acceptors (Lipinski definition) is 3. The highest BCUT2D eigenvalue weighted by Gasteiger charge is 2.23. The standard InChI is InChI=1S/C9H15N3O4/c1-12(5-8(14)15)9(16)10-4-7(13)11-6-2-3-6/h6H,2-5H2,1H3,(H,10,16)(H,11,13)(H,14,15). The first-order valence-electron chi connectivity index (χ1n) is 4.99. The van der Waals surface area contributed by atoms with Crippen LogP contribution in [0.25, 0.3) is 0 Å². The lowest BCUT2D eigenvalue weighted by atomic mass is 10.5. The first-order chi connectivity index (χ1) is 7.49. The minimum Gasteiger partial charge on any atom is -0.480 e. The molecule has 0 aromatic heterocycles. The van der Waals surface area contributed by atoms with Crippen molar-refractivity contribution in [2.45, 2.75) is 18.9 Å². The van der Waals surface area contributed by atoms with E-state index in [4.69, 9.17) is 5.11 Å². The summed E-state index contributed by atoms with van der Waals surface area (Å²) in [6.07, 6.45) is 1.97. The Bertz CT molecular complexity index is 301. The van der Waals surface area contributed by atoms with Gasteiger partial charge in [-0.2, -0.15) is 0 Å². The van der Waals surface area contributed by atoms with E-state index in [-0.39, 0.29) is 18.5 Å². The molecule has 7 nitrogen and oxygen atoms in total. The lowest BCUT2D eigenvalue weighted by Gasteiger charge is -2.15. The summed E-state index contributed by atoms with van der Waals surface area (Å²) in [6, 6.07) is -0.325. The van der Waals surface area contributed by atoms with Crippen LogP contribution in [0.2, 0.25) is 0 Å². The molecule has 0 spiro atoms. The molecule has 1 rings (SSSR count). The predicted molar refractivity (Wildman–Crippen MR) is 54.8 cm³/mol. The van der Waals surface area contributed by atoms with Gasteiger partial charge >= 0.3 is 12.0 Å². The molecular weight excluding hydrogens is 214 g/mol. The van der Waals surface area contributed by atoms with E-state index in [2.05, 4.69) is 10.6 Å². The van der Waals surface area contributed by atoms with Crippen LogP contribution in [-0.2, 0) is 9.59 Å². The third-order valence-electron chi connectivity index (χ3n) is 2.06. The lowest BCUT2D eigenvalue weighted by Crippen LogP contribution is -2.44. The van der Waals surface area contributed by atoms with Crippen LogP contribution in [-0.4, -0.2) is 54.1 Å². The van der Waals surface area contributed by atoms with Gasteiger partial charge < -0.3 is 20.6 Å². The van der Waals surface area contributed by atoms with Crippen LogP contribution in [0.5, 0.6) is 0 Å². The number of carboxylic acids is 1. The zero-order valence-corrected chi connectivity index (χ0v) is 9.02. The largest absolute Gasteiger partial charge is 0.480 e. The minimum atomic E-state index is -1.10. The molecule has 0 bridgehead atoms. The van der Waals surface area contributed by atoms with Gasteiger partial charge in [-0.1, -0.05) is 0 Å². The Balaban J connectivity index is 2.17. The summed E-state index contributed by atoms with van der Waals surface area (Å²) in [5.74, 6) is -1.35. The van der Waals surface area contributed by atoms with E-state index in [1.807, 2.05) is 0 Å². The Labute approximate surface area is 92.8 Å². The fraction of sp³-hybridized carbons (Fsp3) is 0.667. The molecule has 3 N–H and O–H groups in total. The van der Waals surface area contributed by atoms with Gasteiger partial charge in [-0.05, 0) is 12.8 Å². The number of carbonyl (C=O) groups is 3. The molecule has 90 valence electrons. The number of likely N-dealkylation sites (N-methyl/N-ethyl adjacent to an activating group) is 1. The predicted octanol–water partition coefficient (Wildman–Crippen LogP) is -1.01. The van der Waals surface area contributed by atoms with Crippen molar-refractivity contribution in [3.8, 4) is 0 Å². The molecule has 1 aliphatic carbocycles. The molecule has 0 aliphatic heterocycles. The third-order valence-corrected chi connectivity index (χ3v) is 2.06. The summed E-state index contributed by atoms with van der Waals surface area (Å²) in [6.45, 7) is -0.518. The third kappa shape index (κ3) is 4.63. The van der Waals surface area contributed by atoms with Crippen molar-refractivity contribution in [2.75, 3.05) is 20.1 Å². The van der Waals surface area contributed by atoms with E-state index in [1.165, 1.54) is 7.05 Å². The number of aliphatic carboxylic acids is 1. The van der Waals surface area contributed by atoms with E-state index in [9.17, 15) is 14.4 Å². The van der Waals surface area contributed by atoms with Crippen LogP contribution in [0.15, 0.2) is 0 Å². The zero-order valence-electron chi connectivity index (χ0n) is 9.02. The number of carboxylic acid groups (broad SMARTS) is 1. The number of hydrogen-bond donors (Lipinski definition) is 3. The van der Waals surface area contributed by atoms with Gasteiger partial charge in [-0.25, -0.2) is 4.79 Å². The molecule has 0 radical (unpaired) electrons. The minimum absolute atomic E-state index is 0.126. The Morgan fingerprint density at radius 3 is 2.50 bits per heavy atom. The van der Waals surface area contributed by atoms with Crippen molar-refractivity contribution in [1.82, 2.24) is 15.5 Å². The van der Waals surface area contributed by atoms with Crippen LogP contribution >= 0.6 is 0 Å². The second-order valence-electron chi connectivity index (χ2n) is 3.75. The molecule has 0 unspecified atom stereocenters. The SMILES string of the molecule is CN(CC(=O)O)C(=O)NCC(=O)NC1CC1. The highest BCUT2D eigenvalue weighted by Crippen LogP contribution is 2.18. The number of carbonyl (C=O) groups excluding carboxylic acids is 2. The van der Waals surface area contributed by atoms with Crippen molar-refractivity contribution in [2.24, 2.45) is 0 Å². The van der Waals surface area contributed by atoms with Gasteiger partial charge in [0.05, 0.1) is 6.54 Å². The number of amides is 3. The van der Waals surface area contributed by atoms with Crippen molar-refractivity contribution < 1.29 is 19.5 Å². The Hall–Kier alpha value is -1.79. The van der Waals surface area contributed by atoms with Crippen molar-refractivity contribution in [3.63, 3.8) is 0 Å². The van der Waals surface area contributed by atoms with Gasteiger partial charge in [0, 0.05) is 13.1 Å². The molecule has 16 heavy (non-hydrogen) atoms. The lowest BCUT2D eigenvalue weighted by molar-refractivity contribution is -0.137. The molecule has 0 aromatic rings. The fourth-order valence-electron chi connectivity index (χ4n) is 1.07. The van der Waals surface area contributed by atoms with Crippen LogP contribution in [0.1, 0.15) is 12.8 Å². The van der Waals surface area contributed by atoms with E-state index in [0.29, 0.717) is 0 Å². The molecule has 3 amide bonds. The van der Waals surface area contributed by atoms with Crippen LogP contribution in [0.4, 0.5) is 4.79 Å². The summed E-state index contributed by atoms with van der Waals surface area (Å²) in [4.78, 5) is 33.7. The summed E-state index contributed by atoms with van der Waals surface area (Å²) in [7, 11) is 1.35. The molecule has 0 heterocycles. The summed E-state index contributed by atoms with van der Waals surface area (Å²) >= 11 is 0. The Kier molecular flexibility index (Phi) is 4.10. The molecule has 0 aromatic carbocycles. The van der Waals surface area contributed by atoms with Gasteiger partial charge in [-0.3, -0.25) is 9.59 Å². The van der Waals surface area contributed by atoms with Crippen LogP contribution in [0.3, 0.4) is 0 Å².